The Morgan fingerprint density at radius 1 is 1.10 bits per heavy atom. The summed E-state index contributed by atoms with van der Waals surface area (Å²) < 4.78 is 2.09. The Kier molecular flexibility index (Phi) is 4.20. The zero-order valence-electron chi connectivity index (χ0n) is 13.7. The summed E-state index contributed by atoms with van der Waals surface area (Å²) in [5, 5.41) is 9.44. The van der Waals surface area contributed by atoms with Crippen molar-refractivity contribution in [3.8, 4) is 17.2 Å². The molecule has 2 aromatic rings. The fourth-order valence-electron chi connectivity index (χ4n) is 2.67. The molecule has 110 valence electrons. The van der Waals surface area contributed by atoms with Crippen LogP contribution in [-0.4, -0.2) is 23.6 Å². The van der Waals surface area contributed by atoms with Gasteiger partial charge in [-0.25, -0.2) is 0 Å². The van der Waals surface area contributed by atoms with Crippen LogP contribution in [-0.2, 0) is 7.05 Å². The molecule has 0 N–H and O–H groups in total. The van der Waals surface area contributed by atoms with Crippen LogP contribution < -0.4 is 0 Å². The average molecular weight is 281 g/mol. The molecule has 0 spiro atoms. The first-order valence-electron chi connectivity index (χ1n) is 7.21. The summed E-state index contributed by atoms with van der Waals surface area (Å²) in [6.07, 6.45) is 0. The Morgan fingerprint density at radius 3 is 2.14 bits per heavy atom. The fourth-order valence-corrected chi connectivity index (χ4v) is 2.67. The molecule has 3 nitrogen and oxygen atoms in total. The van der Waals surface area contributed by atoms with Crippen LogP contribution in [0.15, 0.2) is 24.3 Å². The molecule has 0 aliphatic carbocycles. The van der Waals surface area contributed by atoms with Gasteiger partial charge in [-0.1, -0.05) is 24.3 Å². The number of aromatic nitrogens is 1. The van der Waals surface area contributed by atoms with E-state index in [0.717, 1.165) is 28.1 Å². The molecule has 0 bridgehead atoms. The first-order chi connectivity index (χ1) is 9.88. The van der Waals surface area contributed by atoms with Gasteiger partial charge in [0.15, 0.2) is 0 Å². The minimum absolute atomic E-state index is 0.382. The molecule has 1 aromatic carbocycles. The molecule has 0 saturated carbocycles. The lowest BCUT2D eigenvalue weighted by molar-refractivity contribution is 0.321. The van der Waals surface area contributed by atoms with Gasteiger partial charge in [0, 0.05) is 30.0 Å². The number of hydrogen-bond donors (Lipinski definition) is 0. The molecule has 2 rings (SSSR count). The van der Waals surface area contributed by atoms with Gasteiger partial charge in [0.1, 0.15) is 6.07 Å². The highest BCUT2D eigenvalue weighted by Crippen LogP contribution is 2.32. The summed E-state index contributed by atoms with van der Waals surface area (Å²) in [7, 11) is 6.17. The molecule has 0 amide bonds. The van der Waals surface area contributed by atoms with Gasteiger partial charge in [0.05, 0.1) is 5.56 Å². The van der Waals surface area contributed by atoms with E-state index in [1.54, 1.807) is 0 Å². The van der Waals surface area contributed by atoms with Gasteiger partial charge < -0.3 is 9.47 Å². The van der Waals surface area contributed by atoms with Crippen LogP contribution in [0.2, 0.25) is 0 Å². The van der Waals surface area contributed by atoms with Crippen molar-refractivity contribution in [2.45, 2.75) is 26.8 Å². The van der Waals surface area contributed by atoms with Crippen molar-refractivity contribution in [1.82, 2.24) is 9.47 Å². The van der Waals surface area contributed by atoms with Crippen molar-refractivity contribution in [3.05, 3.63) is 46.8 Å². The van der Waals surface area contributed by atoms with Crippen LogP contribution in [0.4, 0.5) is 0 Å². The van der Waals surface area contributed by atoms with Gasteiger partial charge in [-0.05, 0) is 46.0 Å². The van der Waals surface area contributed by atoms with Crippen LogP contribution >= 0.6 is 0 Å². The lowest BCUT2D eigenvalue weighted by atomic mass is 9.98. The normalized spacial score (nSPS) is 12.5. The average Bonchev–Trinajstić information content (AvgIpc) is 2.70. The summed E-state index contributed by atoms with van der Waals surface area (Å²) in [5.74, 6) is 0. The molecule has 0 radical (unpaired) electrons. The summed E-state index contributed by atoms with van der Waals surface area (Å²) >= 11 is 0. The van der Waals surface area contributed by atoms with Crippen molar-refractivity contribution in [3.63, 3.8) is 0 Å². The highest BCUT2D eigenvalue weighted by Gasteiger charge is 2.17. The first-order valence-corrected chi connectivity index (χ1v) is 7.21. The van der Waals surface area contributed by atoms with Crippen molar-refractivity contribution >= 4 is 0 Å². The van der Waals surface area contributed by atoms with E-state index in [4.69, 9.17) is 0 Å². The molecule has 0 aliphatic rings. The quantitative estimate of drug-likeness (QED) is 0.857. The monoisotopic (exact) mass is 281 g/mol. The predicted molar refractivity (Wildman–Crippen MR) is 87.1 cm³/mol. The van der Waals surface area contributed by atoms with E-state index in [0.29, 0.717) is 6.04 Å². The molecule has 0 aliphatic heterocycles. The zero-order chi connectivity index (χ0) is 15.7. The number of hydrogen-bond acceptors (Lipinski definition) is 2. The van der Waals surface area contributed by atoms with Gasteiger partial charge in [-0.3, -0.25) is 0 Å². The van der Waals surface area contributed by atoms with Gasteiger partial charge >= 0.3 is 0 Å². The van der Waals surface area contributed by atoms with Gasteiger partial charge in [-0.15, -0.1) is 0 Å². The second-order valence-corrected chi connectivity index (χ2v) is 5.85. The molecule has 0 fully saturated rings. The smallest absolute Gasteiger partial charge is 0.102 e. The molecule has 1 aromatic heterocycles. The first kappa shape index (κ1) is 15.3. The summed E-state index contributed by atoms with van der Waals surface area (Å²) in [6, 6.07) is 11.3. The topological polar surface area (TPSA) is 32.0 Å². The van der Waals surface area contributed by atoms with Crippen LogP contribution in [0.1, 0.15) is 35.5 Å². The molecule has 21 heavy (non-hydrogen) atoms. The van der Waals surface area contributed by atoms with E-state index in [1.165, 1.54) is 5.56 Å². The molecular formula is C18H23N3. The van der Waals surface area contributed by atoms with E-state index in [1.807, 2.05) is 14.0 Å². The molecule has 0 saturated heterocycles. The summed E-state index contributed by atoms with van der Waals surface area (Å²) in [6.45, 7) is 6.25. The maximum atomic E-state index is 9.44. The lowest BCUT2D eigenvalue weighted by Crippen LogP contribution is -2.16. The van der Waals surface area contributed by atoms with E-state index >= 15 is 0 Å². The van der Waals surface area contributed by atoms with Crippen LogP contribution in [0.5, 0.6) is 0 Å². The second-order valence-electron chi connectivity index (χ2n) is 5.85. The van der Waals surface area contributed by atoms with Gasteiger partial charge in [-0.2, -0.15) is 5.26 Å². The third-order valence-corrected chi connectivity index (χ3v) is 4.55. The molecular weight excluding hydrogens is 258 g/mol. The molecule has 1 heterocycles. The van der Waals surface area contributed by atoms with Crippen molar-refractivity contribution < 1.29 is 0 Å². The Bertz CT molecular complexity index is 685. The van der Waals surface area contributed by atoms with Crippen molar-refractivity contribution in [2.75, 3.05) is 14.1 Å². The van der Waals surface area contributed by atoms with E-state index < -0.39 is 0 Å². The van der Waals surface area contributed by atoms with Gasteiger partial charge in [0.2, 0.25) is 0 Å². The third-order valence-electron chi connectivity index (χ3n) is 4.55. The summed E-state index contributed by atoms with van der Waals surface area (Å²) in [5.41, 5.74) is 6.40. The SMILES string of the molecule is Cc1c(C#N)c(-c2ccc([C@H](C)N(C)C)cc2)c(C)n1C. The highest BCUT2D eigenvalue weighted by molar-refractivity contribution is 5.75. The van der Waals surface area contributed by atoms with Crippen LogP contribution in [0.25, 0.3) is 11.1 Å². The molecule has 1 atom stereocenters. The minimum atomic E-state index is 0.382. The van der Waals surface area contributed by atoms with Crippen molar-refractivity contribution in [2.24, 2.45) is 7.05 Å². The summed E-state index contributed by atoms with van der Waals surface area (Å²) in [4.78, 5) is 2.19. The zero-order valence-corrected chi connectivity index (χ0v) is 13.7. The maximum Gasteiger partial charge on any atom is 0.102 e. The fraction of sp³-hybridized carbons (Fsp3) is 0.389. The Morgan fingerprint density at radius 2 is 1.67 bits per heavy atom. The number of nitrogens with zero attached hydrogens (tertiary/aromatic N) is 3. The molecule has 3 heteroatoms. The van der Waals surface area contributed by atoms with Crippen LogP contribution in [0.3, 0.4) is 0 Å². The third kappa shape index (κ3) is 2.59. The number of rotatable bonds is 3. The van der Waals surface area contributed by atoms with E-state index in [2.05, 4.69) is 67.7 Å². The highest BCUT2D eigenvalue weighted by atomic mass is 15.1. The Labute approximate surface area is 127 Å². The number of benzene rings is 1. The van der Waals surface area contributed by atoms with E-state index in [-0.39, 0.29) is 0 Å². The lowest BCUT2D eigenvalue weighted by Gasteiger charge is -2.20. The van der Waals surface area contributed by atoms with Crippen LogP contribution in [0, 0.1) is 25.2 Å². The number of nitriles is 1. The van der Waals surface area contributed by atoms with Crippen molar-refractivity contribution in [1.29, 1.82) is 5.26 Å². The standard InChI is InChI=1S/C18H23N3/c1-12(20(4)5)15-7-9-16(10-8-15)18-14(3)21(6)13(2)17(18)11-19/h7-10,12H,1-6H3/t12-/m0/s1. The van der Waals surface area contributed by atoms with E-state index in [9.17, 15) is 5.26 Å². The Balaban J connectivity index is 2.50. The molecule has 0 unspecified atom stereocenters. The largest absolute Gasteiger partial charge is 0.350 e. The second kappa shape index (κ2) is 5.75. The maximum absolute atomic E-state index is 9.44. The predicted octanol–water partition coefficient (Wildman–Crippen LogP) is 3.80. The Hall–Kier alpha value is -2.05. The minimum Gasteiger partial charge on any atom is -0.350 e. The van der Waals surface area contributed by atoms with Gasteiger partial charge in [0.25, 0.3) is 0 Å².